The molecule has 2 amide bonds. The number of hydrogen-bond acceptors (Lipinski definition) is 4. The summed E-state index contributed by atoms with van der Waals surface area (Å²) in [6.45, 7) is 4.05. The smallest absolute Gasteiger partial charge is 0.261 e. The van der Waals surface area contributed by atoms with E-state index < -0.39 is 21.8 Å². The highest BCUT2D eigenvalue weighted by molar-refractivity contribution is 7.89. The Morgan fingerprint density at radius 2 is 1.82 bits per heavy atom. The Kier molecular flexibility index (Phi) is 4.97. The van der Waals surface area contributed by atoms with Crippen LogP contribution in [0.3, 0.4) is 0 Å². The summed E-state index contributed by atoms with van der Waals surface area (Å²) in [6.07, 6.45) is 1.64. The van der Waals surface area contributed by atoms with Gasteiger partial charge in [0.15, 0.2) is 0 Å². The Labute approximate surface area is 130 Å². The number of amides is 2. The molecule has 1 aliphatic rings. The summed E-state index contributed by atoms with van der Waals surface area (Å²) >= 11 is 0. The molecule has 120 valence electrons. The molecule has 1 aliphatic heterocycles. The number of imide groups is 1. The Morgan fingerprint density at radius 1 is 1.14 bits per heavy atom. The molecule has 1 N–H and O–H groups in total. The van der Waals surface area contributed by atoms with Crippen molar-refractivity contribution in [3.8, 4) is 0 Å². The standard InChI is InChI=1S/C15H20N2O4S/c1-3-4-7-16-22(20,21)9-8-17-14(18)12-6-5-11(2)10-13(12)15(17)19/h5-6,10,16H,3-4,7-9H2,1-2H3. The number of nitrogens with one attached hydrogen (secondary N) is 1. The molecule has 2 rings (SSSR count). The van der Waals surface area contributed by atoms with Gasteiger partial charge in [0.25, 0.3) is 11.8 Å². The van der Waals surface area contributed by atoms with Crippen molar-refractivity contribution < 1.29 is 18.0 Å². The largest absolute Gasteiger partial charge is 0.273 e. The molecule has 0 atom stereocenters. The van der Waals surface area contributed by atoms with Gasteiger partial charge in [0.05, 0.1) is 16.9 Å². The normalized spacial score (nSPS) is 14.5. The molecule has 0 bridgehead atoms. The highest BCUT2D eigenvalue weighted by atomic mass is 32.2. The quantitative estimate of drug-likeness (QED) is 0.605. The Morgan fingerprint density at radius 3 is 2.50 bits per heavy atom. The Balaban J connectivity index is 2.03. The lowest BCUT2D eigenvalue weighted by Crippen LogP contribution is -2.37. The lowest BCUT2D eigenvalue weighted by atomic mass is 10.1. The van der Waals surface area contributed by atoms with Crippen molar-refractivity contribution in [3.63, 3.8) is 0 Å². The molecule has 0 spiro atoms. The van der Waals surface area contributed by atoms with Gasteiger partial charge in [0.2, 0.25) is 10.0 Å². The second-order valence-electron chi connectivity index (χ2n) is 5.38. The van der Waals surface area contributed by atoms with E-state index in [0.29, 0.717) is 17.7 Å². The monoisotopic (exact) mass is 324 g/mol. The molecule has 1 aromatic carbocycles. The number of benzene rings is 1. The SMILES string of the molecule is CCCCNS(=O)(=O)CCN1C(=O)c2ccc(C)cc2C1=O. The predicted molar refractivity (Wildman–Crippen MR) is 83.2 cm³/mol. The molecule has 7 heteroatoms. The van der Waals surface area contributed by atoms with Crippen LogP contribution in [0.2, 0.25) is 0 Å². The van der Waals surface area contributed by atoms with Gasteiger partial charge in [-0.1, -0.05) is 25.0 Å². The van der Waals surface area contributed by atoms with E-state index in [-0.39, 0.29) is 12.3 Å². The fourth-order valence-electron chi connectivity index (χ4n) is 2.30. The first-order chi connectivity index (χ1) is 10.4. The maximum absolute atomic E-state index is 12.2. The first-order valence-corrected chi connectivity index (χ1v) is 8.95. The number of carbonyl (C=O) groups excluding carboxylic acids is 2. The third-order valence-corrected chi connectivity index (χ3v) is 4.93. The molecule has 0 aromatic heterocycles. The van der Waals surface area contributed by atoms with Gasteiger partial charge in [-0.3, -0.25) is 14.5 Å². The maximum atomic E-state index is 12.2. The maximum Gasteiger partial charge on any atom is 0.261 e. The van der Waals surface area contributed by atoms with Crippen LogP contribution in [0, 0.1) is 6.92 Å². The zero-order valence-corrected chi connectivity index (χ0v) is 13.6. The Hall–Kier alpha value is -1.73. The van der Waals surface area contributed by atoms with Crippen molar-refractivity contribution in [2.75, 3.05) is 18.8 Å². The molecule has 0 fully saturated rings. The first kappa shape index (κ1) is 16.6. The van der Waals surface area contributed by atoms with Gasteiger partial charge in [-0.05, 0) is 25.5 Å². The number of fused-ring (bicyclic) bond motifs is 1. The van der Waals surface area contributed by atoms with E-state index >= 15 is 0 Å². The number of carbonyl (C=O) groups is 2. The topological polar surface area (TPSA) is 83.6 Å². The lowest BCUT2D eigenvalue weighted by Gasteiger charge is -2.14. The number of hydrogen-bond donors (Lipinski definition) is 1. The molecule has 1 aromatic rings. The summed E-state index contributed by atoms with van der Waals surface area (Å²) in [5.41, 5.74) is 1.57. The molecule has 0 aliphatic carbocycles. The van der Waals surface area contributed by atoms with Gasteiger partial charge in [-0.15, -0.1) is 0 Å². The van der Waals surface area contributed by atoms with Crippen molar-refractivity contribution >= 4 is 21.8 Å². The van der Waals surface area contributed by atoms with Crippen LogP contribution in [-0.2, 0) is 10.0 Å². The zero-order chi connectivity index (χ0) is 16.3. The minimum Gasteiger partial charge on any atom is -0.273 e. The highest BCUT2D eigenvalue weighted by Gasteiger charge is 2.35. The van der Waals surface area contributed by atoms with Gasteiger partial charge in [-0.2, -0.15) is 0 Å². The minimum atomic E-state index is -3.48. The second-order valence-corrected chi connectivity index (χ2v) is 7.30. The van der Waals surface area contributed by atoms with E-state index in [4.69, 9.17) is 0 Å². The number of rotatable bonds is 7. The number of aryl methyl sites for hydroxylation is 1. The highest BCUT2D eigenvalue weighted by Crippen LogP contribution is 2.23. The predicted octanol–water partition coefficient (Wildman–Crippen LogP) is 1.31. The fraction of sp³-hybridized carbons (Fsp3) is 0.467. The molecule has 0 unspecified atom stereocenters. The third-order valence-electron chi connectivity index (χ3n) is 3.56. The average Bonchev–Trinajstić information content (AvgIpc) is 2.69. The average molecular weight is 324 g/mol. The van der Waals surface area contributed by atoms with Crippen LogP contribution >= 0.6 is 0 Å². The summed E-state index contributed by atoms with van der Waals surface area (Å²) in [5, 5.41) is 0. The van der Waals surface area contributed by atoms with E-state index in [1.54, 1.807) is 18.2 Å². The summed E-state index contributed by atoms with van der Waals surface area (Å²) in [4.78, 5) is 25.4. The minimum absolute atomic E-state index is 0.132. The molecular weight excluding hydrogens is 304 g/mol. The number of sulfonamides is 1. The summed E-state index contributed by atoms with van der Waals surface area (Å²) < 4.78 is 26.2. The Bertz CT molecular complexity index is 697. The molecular formula is C15H20N2O4S. The first-order valence-electron chi connectivity index (χ1n) is 7.30. The molecule has 22 heavy (non-hydrogen) atoms. The van der Waals surface area contributed by atoms with Gasteiger partial charge < -0.3 is 0 Å². The van der Waals surface area contributed by atoms with Crippen LogP contribution in [0.5, 0.6) is 0 Å². The third kappa shape index (κ3) is 3.53. The second kappa shape index (κ2) is 6.58. The number of nitrogens with zero attached hydrogens (tertiary/aromatic N) is 1. The molecule has 0 saturated carbocycles. The fourth-order valence-corrected chi connectivity index (χ4v) is 3.32. The molecule has 1 heterocycles. The van der Waals surface area contributed by atoms with Crippen LogP contribution in [0.25, 0.3) is 0 Å². The summed E-state index contributed by atoms with van der Waals surface area (Å²) in [7, 11) is -3.48. The molecule has 0 saturated heterocycles. The van der Waals surface area contributed by atoms with Gasteiger partial charge in [0.1, 0.15) is 0 Å². The van der Waals surface area contributed by atoms with Gasteiger partial charge in [0, 0.05) is 13.1 Å². The van der Waals surface area contributed by atoms with E-state index in [0.717, 1.165) is 23.3 Å². The van der Waals surface area contributed by atoms with Gasteiger partial charge >= 0.3 is 0 Å². The lowest BCUT2D eigenvalue weighted by molar-refractivity contribution is 0.0664. The van der Waals surface area contributed by atoms with Gasteiger partial charge in [-0.25, -0.2) is 13.1 Å². The van der Waals surface area contributed by atoms with E-state index in [9.17, 15) is 18.0 Å². The summed E-state index contributed by atoms with van der Waals surface area (Å²) in [6, 6.07) is 5.03. The van der Waals surface area contributed by atoms with Crippen LogP contribution < -0.4 is 4.72 Å². The molecule has 6 nitrogen and oxygen atoms in total. The van der Waals surface area contributed by atoms with Crippen LogP contribution in [0.15, 0.2) is 18.2 Å². The van der Waals surface area contributed by atoms with E-state index in [2.05, 4.69) is 4.72 Å². The molecule has 0 radical (unpaired) electrons. The van der Waals surface area contributed by atoms with Crippen LogP contribution in [0.1, 0.15) is 46.0 Å². The summed E-state index contributed by atoms with van der Waals surface area (Å²) in [5.74, 6) is -1.13. The van der Waals surface area contributed by atoms with E-state index in [1.165, 1.54) is 0 Å². The van der Waals surface area contributed by atoms with Crippen molar-refractivity contribution in [1.29, 1.82) is 0 Å². The van der Waals surface area contributed by atoms with Crippen molar-refractivity contribution in [2.45, 2.75) is 26.7 Å². The van der Waals surface area contributed by atoms with E-state index in [1.807, 2.05) is 13.8 Å². The van der Waals surface area contributed by atoms with Crippen molar-refractivity contribution in [3.05, 3.63) is 34.9 Å². The number of unbranched alkanes of at least 4 members (excludes halogenated alkanes) is 1. The van der Waals surface area contributed by atoms with Crippen molar-refractivity contribution in [2.24, 2.45) is 0 Å². The zero-order valence-electron chi connectivity index (χ0n) is 12.8. The van der Waals surface area contributed by atoms with Crippen molar-refractivity contribution in [1.82, 2.24) is 9.62 Å². The van der Waals surface area contributed by atoms with Crippen LogP contribution in [-0.4, -0.2) is 44.0 Å². The van der Waals surface area contributed by atoms with Crippen LogP contribution in [0.4, 0.5) is 0 Å².